The Labute approximate surface area is 394 Å². The molecule has 360 valence electrons. The lowest BCUT2D eigenvalue weighted by atomic mass is 10.1. The summed E-state index contributed by atoms with van der Waals surface area (Å²) in [5, 5.41) is 9.62. The predicted molar refractivity (Wildman–Crippen MR) is 278 cm³/mol. The molecule has 0 spiro atoms. The summed E-state index contributed by atoms with van der Waals surface area (Å²) in [5.41, 5.74) is 0. The highest BCUT2D eigenvalue weighted by Crippen LogP contribution is 2.13. The van der Waals surface area contributed by atoms with E-state index in [1.165, 1.54) is 70.6 Å². The number of unbranched alkanes of at least 4 members (excludes halogenated alkanes) is 15. The Balaban J connectivity index is 3.68. The Morgan fingerprint density at radius 1 is 0.375 bits per heavy atom. The second-order valence-corrected chi connectivity index (χ2v) is 16.5. The summed E-state index contributed by atoms with van der Waals surface area (Å²) in [6, 6.07) is 0. The fourth-order valence-electron chi connectivity index (χ4n) is 6.58. The van der Waals surface area contributed by atoms with Crippen molar-refractivity contribution in [3.8, 4) is 0 Å². The van der Waals surface area contributed by atoms with E-state index in [1.54, 1.807) is 0 Å². The third-order valence-corrected chi connectivity index (χ3v) is 10.4. The van der Waals surface area contributed by atoms with Crippen LogP contribution in [0.15, 0.2) is 134 Å². The van der Waals surface area contributed by atoms with Crippen LogP contribution in [-0.2, 0) is 19.1 Å². The van der Waals surface area contributed by atoms with E-state index in [1.807, 2.05) is 0 Å². The van der Waals surface area contributed by atoms with E-state index in [-0.39, 0.29) is 25.2 Å². The Kier molecular flexibility index (Phi) is 50.1. The minimum Gasteiger partial charge on any atom is -0.462 e. The molecule has 0 fully saturated rings. The van der Waals surface area contributed by atoms with Crippen LogP contribution in [0.5, 0.6) is 0 Å². The van der Waals surface area contributed by atoms with Gasteiger partial charge in [-0.1, -0.05) is 212 Å². The summed E-state index contributed by atoms with van der Waals surface area (Å²) in [7, 11) is 0. The van der Waals surface area contributed by atoms with Crippen LogP contribution in [0.25, 0.3) is 0 Å². The van der Waals surface area contributed by atoms with Gasteiger partial charge in [0.05, 0.1) is 6.61 Å². The molecule has 0 aliphatic rings. The number of aliphatic hydroxyl groups excluding tert-OH is 1. The Hall–Kier alpha value is -3.96. The van der Waals surface area contributed by atoms with Crippen LogP contribution < -0.4 is 0 Å². The van der Waals surface area contributed by atoms with Crippen molar-refractivity contribution in [1.82, 2.24) is 0 Å². The van der Waals surface area contributed by atoms with Crippen LogP contribution in [0.2, 0.25) is 0 Å². The Morgan fingerprint density at radius 2 is 0.672 bits per heavy atom. The largest absolute Gasteiger partial charge is 0.462 e. The van der Waals surface area contributed by atoms with Gasteiger partial charge in [0.2, 0.25) is 0 Å². The van der Waals surface area contributed by atoms with Gasteiger partial charge in [0.25, 0.3) is 0 Å². The number of ether oxygens (including phenoxy) is 2. The van der Waals surface area contributed by atoms with Gasteiger partial charge in [0.1, 0.15) is 6.61 Å². The maximum Gasteiger partial charge on any atom is 0.306 e. The fourth-order valence-corrected chi connectivity index (χ4v) is 6.58. The van der Waals surface area contributed by atoms with Crippen molar-refractivity contribution in [3.63, 3.8) is 0 Å². The predicted octanol–water partition coefficient (Wildman–Crippen LogP) is 17.3. The number of carbonyl (C=O) groups excluding carboxylic acids is 2. The molecule has 0 radical (unpaired) electrons. The molecule has 0 saturated carbocycles. The van der Waals surface area contributed by atoms with Crippen molar-refractivity contribution < 1.29 is 24.2 Å². The van der Waals surface area contributed by atoms with Gasteiger partial charge < -0.3 is 14.6 Å². The lowest BCUT2D eigenvalue weighted by molar-refractivity contribution is -0.161. The first kappa shape index (κ1) is 60.0. The van der Waals surface area contributed by atoms with Crippen molar-refractivity contribution in [1.29, 1.82) is 0 Å². The molecule has 0 heterocycles. The molecule has 0 aromatic rings. The van der Waals surface area contributed by atoms with Gasteiger partial charge in [-0.2, -0.15) is 0 Å². The van der Waals surface area contributed by atoms with E-state index >= 15 is 0 Å². The van der Waals surface area contributed by atoms with Gasteiger partial charge >= 0.3 is 11.9 Å². The van der Waals surface area contributed by atoms with Crippen molar-refractivity contribution >= 4 is 11.9 Å². The molecule has 1 unspecified atom stereocenters. The molecule has 1 N–H and O–H groups in total. The van der Waals surface area contributed by atoms with Gasteiger partial charge in [-0.3, -0.25) is 9.59 Å². The number of allylic oxidation sites excluding steroid dienone is 22. The molecule has 0 aliphatic carbocycles. The van der Waals surface area contributed by atoms with Crippen molar-refractivity contribution in [2.24, 2.45) is 0 Å². The number of rotatable bonds is 45. The smallest absolute Gasteiger partial charge is 0.306 e. The first-order valence-corrected chi connectivity index (χ1v) is 25.7. The van der Waals surface area contributed by atoms with E-state index in [2.05, 4.69) is 148 Å². The van der Waals surface area contributed by atoms with Crippen molar-refractivity contribution in [3.05, 3.63) is 134 Å². The highest BCUT2D eigenvalue weighted by Gasteiger charge is 2.16. The number of hydrogen-bond donors (Lipinski definition) is 1. The zero-order valence-electron chi connectivity index (χ0n) is 41.0. The van der Waals surface area contributed by atoms with Crippen molar-refractivity contribution in [2.75, 3.05) is 13.2 Å². The van der Waals surface area contributed by atoms with Crippen LogP contribution in [0.1, 0.15) is 206 Å². The molecule has 0 aromatic heterocycles. The maximum atomic E-state index is 12.3. The second-order valence-electron chi connectivity index (χ2n) is 16.5. The molecule has 5 heteroatoms. The Morgan fingerprint density at radius 3 is 1.03 bits per heavy atom. The molecule has 1 atom stereocenters. The van der Waals surface area contributed by atoms with Gasteiger partial charge in [0.15, 0.2) is 6.10 Å². The summed E-state index contributed by atoms with van der Waals surface area (Å²) in [6.45, 7) is 3.96. The maximum absolute atomic E-state index is 12.3. The van der Waals surface area contributed by atoms with Gasteiger partial charge in [0, 0.05) is 12.8 Å². The standard InChI is InChI=1S/C59H94O5/c1-3-5-7-9-11-13-15-17-19-21-23-24-25-26-27-28-29-30-31-32-33-34-36-38-40-42-44-46-48-50-52-54-59(62)64-57(55-60)56-63-58(61)53-51-49-47-45-43-41-39-37-35-22-20-18-16-14-12-10-8-6-4-2/h5,7,11-14,17-20,23-24,26-27,29-30,32-33,36,38,42,44,57,60H,3-4,6,8-10,15-16,21-22,25,28,31,34-35,37,39-41,43,45-56H2,1-2H3/b7-5-,13-11-,14-12-,19-17-,20-18-,24-23-,27-26-,30-29-,33-32-,38-36-,44-42-. The average Bonchev–Trinajstić information content (AvgIpc) is 3.30. The van der Waals surface area contributed by atoms with Gasteiger partial charge in [-0.25, -0.2) is 0 Å². The first-order chi connectivity index (χ1) is 31.6. The fraction of sp³-hybridized carbons (Fsp3) is 0.593. The van der Waals surface area contributed by atoms with E-state index in [0.29, 0.717) is 12.8 Å². The van der Waals surface area contributed by atoms with Gasteiger partial charge in [-0.15, -0.1) is 0 Å². The van der Waals surface area contributed by atoms with Crippen LogP contribution >= 0.6 is 0 Å². The van der Waals surface area contributed by atoms with Crippen LogP contribution in [0.4, 0.5) is 0 Å². The first-order valence-electron chi connectivity index (χ1n) is 25.7. The molecule has 0 rings (SSSR count). The topological polar surface area (TPSA) is 72.8 Å². The normalized spacial score (nSPS) is 13.4. The highest BCUT2D eigenvalue weighted by atomic mass is 16.6. The summed E-state index contributed by atoms with van der Waals surface area (Å²) in [6.07, 6.45) is 79.6. The minimum absolute atomic E-state index is 0.0904. The zero-order chi connectivity index (χ0) is 46.3. The highest BCUT2D eigenvalue weighted by molar-refractivity contribution is 5.70. The third-order valence-electron chi connectivity index (χ3n) is 10.4. The molecule has 0 aliphatic heterocycles. The third kappa shape index (κ3) is 50.7. The molecule has 64 heavy (non-hydrogen) atoms. The number of esters is 2. The number of carbonyl (C=O) groups is 2. The molecule has 0 saturated heterocycles. The quantitative estimate of drug-likeness (QED) is 0.0375. The van der Waals surface area contributed by atoms with E-state index in [4.69, 9.17) is 9.47 Å². The summed E-state index contributed by atoms with van der Waals surface area (Å²) in [5.74, 6) is -0.643. The Bertz CT molecular complexity index is 1370. The van der Waals surface area contributed by atoms with E-state index < -0.39 is 6.10 Å². The zero-order valence-corrected chi connectivity index (χ0v) is 41.0. The van der Waals surface area contributed by atoms with Gasteiger partial charge in [-0.05, 0) is 116 Å². The van der Waals surface area contributed by atoms with Crippen molar-refractivity contribution in [2.45, 2.75) is 213 Å². The molecular weight excluding hydrogens is 789 g/mol. The molecule has 5 nitrogen and oxygen atoms in total. The lowest BCUT2D eigenvalue weighted by Gasteiger charge is -2.15. The van der Waals surface area contributed by atoms with Crippen LogP contribution in [-0.4, -0.2) is 36.4 Å². The molecule has 0 amide bonds. The summed E-state index contributed by atoms with van der Waals surface area (Å²) in [4.78, 5) is 24.4. The second kappa shape index (κ2) is 53.4. The lowest BCUT2D eigenvalue weighted by Crippen LogP contribution is -2.28. The monoisotopic (exact) mass is 883 g/mol. The average molecular weight is 883 g/mol. The SMILES string of the molecule is CC/C=C\C/C=C\C/C=C\C/C=C\C/C=C\C/C=C\C/C=C\C/C=C\C/C=C\CCCCCC(=O)OC(CO)COC(=O)CCCCCCCCCCC/C=C\C/C=C\CCCCC. The molecule has 0 aromatic carbocycles. The van der Waals surface area contributed by atoms with E-state index in [9.17, 15) is 14.7 Å². The molecule has 0 bridgehead atoms. The van der Waals surface area contributed by atoms with E-state index in [0.717, 1.165) is 109 Å². The van der Waals surface area contributed by atoms with Crippen LogP contribution in [0.3, 0.4) is 0 Å². The number of hydrogen-bond acceptors (Lipinski definition) is 5. The summed E-state index contributed by atoms with van der Waals surface area (Å²) >= 11 is 0. The molecular formula is C59H94O5. The minimum atomic E-state index is -0.802. The van der Waals surface area contributed by atoms with Crippen LogP contribution in [0, 0.1) is 0 Å². The number of aliphatic hydroxyl groups is 1. The summed E-state index contributed by atoms with van der Waals surface area (Å²) < 4.78 is 10.6.